The van der Waals surface area contributed by atoms with Crippen molar-refractivity contribution in [3.63, 3.8) is 0 Å². The Morgan fingerprint density at radius 3 is 2.44 bits per heavy atom. The van der Waals surface area contributed by atoms with Gasteiger partial charge in [-0.25, -0.2) is 4.79 Å². The summed E-state index contributed by atoms with van der Waals surface area (Å²) in [7, 11) is 0. The van der Waals surface area contributed by atoms with E-state index in [2.05, 4.69) is 10.6 Å². The lowest BCUT2D eigenvalue weighted by Gasteiger charge is -2.15. The summed E-state index contributed by atoms with van der Waals surface area (Å²) in [5.74, 6) is -0.0179. The van der Waals surface area contributed by atoms with Crippen LogP contribution in [-0.4, -0.2) is 36.5 Å². The Morgan fingerprint density at radius 1 is 1.11 bits per heavy atom. The van der Waals surface area contributed by atoms with Gasteiger partial charge in [0.2, 0.25) is 5.91 Å². The van der Waals surface area contributed by atoms with Crippen molar-refractivity contribution in [3.05, 3.63) is 30.3 Å². The molecule has 0 spiro atoms. The fraction of sp³-hybridized carbons (Fsp3) is 0.385. The molecule has 1 saturated heterocycles. The number of nitrogens with one attached hydrogen (secondary N) is 2. The largest absolute Gasteiger partial charge is 0.341 e. The zero-order chi connectivity index (χ0) is 12.8. The zero-order valence-electron chi connectivity index (χ0n) is 10.2. The number of hydrogen-bond acceptors (Lipinski definition) is 2. The normalized spacial score (nSPS) is 14.3. The van der Waals surface area contributed by atoms with Crippen molar-refractivity contribution >= 4 is 17.6 Å². The second-order valence-electron chi connectivity index (χ2n) is 4.26. The number of rotatable bonds is 3. The average Bonchev–Trinajstić information content (AvgIpc) is 2.91. The number of hydrogen-bond donors (Lipinski definition) is 2. The quantitative estimate of drug-likeness (QED) is 0.848. The van der Waals surface area contributed by atoms with E-state index in [1.54, 1.807) is 17.0 Å². The number of urea groups is 1. The molecule has 0 radical (unpaired) electrons. The summed E-state index contributed by atoms with van der Waals surface area (Å²) >= 11 is 0. The van der Waals surface area contributed by atoms with Gasteiger partial charge in [-0.2, -0.15) is 0 Å². The summed E-state index contributed by atoms with van der Waals surface area (Å²) in [4.78, 5) is 25.0. The van der Waals surface area contributed by atoms with Crippen molar-refractivity contribution in [2.75, 3.05) is 25.0 Å². The molecule has 1 aliphatic heterocycles. The van der Waals surface area contributed by atoms with E-state index in [1.165, 1.54) is 0 Å². The molecule has 0 saturated carbocycles. The second kappa shape index (κ2) is 6.05. The standard InChI is InChI=1S/C13H17N3O2/c17-12(16-8-4-5-9-16)10-14-13(18)15-11-6-2-1-3-7-11/h1-3,6-7H,4-5,8-10H2,(H2,14,15,18). The second-order valence-corrected chi connectivity index (χ2v) is 4.26. The SMILES string of the molecule is O=C(NCC(=O)N1CCCC1)Nc1ccccc1. The van der Waals surface area contributed by atoms with Gasteiger partial charge in [0.25, 0.3) is 0 Å². The fourth-order valence-electron chi connectivity index (χ4n) is 1.93. The summed E-state index contributed by atoms with van der Waals surface area (Å²) in [5, 5.41) is 5.23. The van der Waals surface area contributed by atoms with Crippen LogP contribution in [0.5, 0.6) is 0 Å². The molecule has 18 heavy (non-hydrogen) atoms. The first-order valence-corrected chi connectivity index (χ1v) is 6.13. The van der Waals surface area contributed by atoms with Crippen LogP contribution in [0.2, 0.25) is 0 Å². The van der Waals surface area contributed by atoms with Gasteiger partial charge < -0.3 is 15.5 Å². The molecule has 0 aromatic heterocycles. The van der Waals surface area contributed by atoms with E-state index < -0.39 is 0 Å². The zero-order valence-corrected chi connectivity index (χ0v) is 10.2. The fourth-order valence-corrected chi connectivity index (χ4v) is 1.93. The van der Waals surface area contributed by atoms with Gasteiger partial charge >= 0.3 is 6.03 Å². The molecule has 5 nitrogen and oxygen atoms in total. The first-order chi connectivity index (χ1) is 8.75. The van der Waals surface area contributed by atoms with Crippen molar-refractivity contribution in [2.24, 2.45) is 0 Å². The Kier molecular flexibility index (Phi) is 4.17. The Labute approximate surface area is 106 Å². The van der Waals surface area contributed by atoms with Crippen LogP contribution in [0.25, 0.3) is 0 Å². The predicted molar refractivity (Wildman–Crippen MR) is 69.3 cm³/mol. The van der Waals surface area contributed by atoms with Gasteiger partial charge in [-0.3, -0.25) is 4.79 Å². The number of carbonyl (C=O) groups is 2. The Balaban J connectivity index is 1.73. The minimum atomic E-state index is -0.353. The summed E-state index contributed by atoms with van der Waals surface area (Å²) in [6.45, 7) is 1.67. The van der Waals surface area contributed by atoms with E-state index in [0.717, 1.165) is 25.9 Å². The molecule has 0 aliphatic carbocycles. The molecule has 2 N–H and O–H groups in total. The highest BCUT2D eigenvalue weighted by atomic mass is 16.2. The number of amides is 3. The van der Waals surface area contributed by atoms with E-state index in [9.17, 15) is 9.59 Å². The topological polar surface area (TPSA) is 61.4 Å². The van der Waals surface area contributed by atoms with Crippen LogP contribution in [0.15, 0.2) is 30.3 Å². The van der Waals surface area contributed by atoms with Gasteiger partial charge in [0.1, 0.15) is 0 Å². The molecular weight excluding hydrogens is 230 g/mol. The third-order valence-electron chi connectivity index (χ3n) is 2.89. The third-order valence-corrected chi connectivity index (χ3v) is 2.89. The molecular formula is C13H17N3O2. The average molecular weight is 247 g/mol. The summed E-state index contributed by atoms with van der Waals surface area (Å²) < 4.78 is 0. The monoisotopic (exact) mass is 247 g/mol. The highest BCUT2D eigenvalue weighted by Gasteiger charge is 2.17. The van der Waals surface area contributed by atoms with Crippen molar-refractivity contribution in [1.29, 1.82) is 0 Å². The first kappa shape index (κ1) is 12.4. The third kappa shape index (κ3) is 3.48. The van der Waals surface area contributed by atoms with Gasteiger partial charge in [-0.05, 0) is 25.0 Å². The highest BCUT2D eigenvalue weighted by molar-refractivity contribution is 5.92. The molecule has 96 valence electrons. The minimum absolute atomic E-state index is 0.0179. The van der Waals surface area contributed by atoms with Crippen LogP contribution in [0.3, 0.4) is 0 Å². The lowest BCUT2D eigenvalue weighted by atomic mass is 10.3. The summed E-state index contributed by atoms with van der Waals surface area (Å²) in [5.41, 5.74) is 0.712. The smallest absolute Gasteiger partial charge is 0.319 e. The number of carbonyl (C=O) groups excluding carboxylic acids is 2. The van der Waals surface area contributed by atoms with Gasteiger partial charge in [0.15, 0.2) is 0 Å². The van der Waals surface area contributed by atoms with Crippen molar-refractivity contribution in [2.45, 2.75) is 12.8 Å². The maximum atomic E-state index is 11.7. The van der Waals surface area contributed by atoms with Gasteiger partial charge in [-0.1, -0.05) is 18.2 Å². The lowest BCUT2D eigenvalue weighted by molar-refractivity contribution is -0.128. The van der Waals surface area contributed by atoms with Crippen LogP contribution in [0.1, 0.15) is 12.8 Å². The molecule has 5 heteroatoms. The molecule has 1 aromatic carbocycles. The molecule has 1 aliphatic rings. The van der Waals surface area contributed by atoms with Crippen molar-refractivity contribution in [1.82, 2.24) is 10.2 Å². The molecule has 0 atom stereocenters. The molecule has 1 heterocycles. The van der Waals surface area contributed by atoms with Crippen LogP contribution >= 0.6 is 0 Å². The Bertz CT molecular complexity index is 414. The van der Waals surface area contributed by atoms with Crippen LogP contribution in [0, 0.1) is 0 Å². The van der Waals surface area contributed by atoms with E-state index in [-0.39, 0.29) is 18.5 Å². The van der Waals surface area contributed by atoms with Crippen LogP contribution < -0.4 is 10.6 Å². The van der Waals surface area contributed by atoms with E-state index >= 15 is 0 Å². The van der Waals surface area contributed by atoms with Crippen LogP contribution in [0.4, 0.5) is 10.5 Å². The molecule has 2 rings (SSSR count). The summed E-state index contributed by atoms with van der Waals surface area (Å²) in [6, 6.07) is 8.79. The maximum absolute atomic E-state index is 11.7. The Hall–Kier alpha value is -2.04. The molecule has 1 aromatic rings. The number of likely N-dealkylation sites (tertiary alicyclic amines) is 1. The van der Waals surface area contributed by atoms with Crippen LogP contribution in [-0.2, 0) is 4.79 Å². The molecule has 1 fully saturated rings. The number of anilines is 1. The van der Waals surface area contributed by atoms with E-state index in [0.29, 0.717) is 5.69 Å². The van der Waals surface area contributed by atoms with Crippen molar-refractivity contribution in [3.8, 4) is 0 Å². The number of nitrogens with zero attached hydrogens (tertiary/aromatic N) is 1. The molecule has 0 unspecified atom stereocenters. The Morgan fingerprint density at radius 2 is 1.78 bits per heavy atom. The minimum Gasteiger partial charge on any atom is -0.341 e. The number of para-hydroxylation sites is 1. The molecule has 0 bridgehead atoms. The van der Waals surface area contributed by atoms with Crippen molar-refractivity contribution < 1.29 is 9.59 Å². The van der Waals surface area contributed by atoms with Gasteiger partial charge in [0, 0.05) is 18.8 Å². The van der Waals surface area contributed by atoms with E-state index in [4.69, 9.17) is 0 Å². The lowest BCUT2D eigenvalue weighted by Crippen LogP contribution is -2.40. The van der Waals surface area contributed by atoms with Gasteiger partial charge in [0.05, 0.1) is 6.54 Å². The maximum Gasteiger partial charge on any atom is 0.319 e. The predicted octanol–water partition coefficient (Wildman–Crippen LogP) is 1.43. The first-order valence-electron chi connectivity index (χ1n) is 6.13. The van der Waals surface area contributed by atoms with Gasteiger partial charge in [-0.15, -0.1) is 0 Å². The molecule has 3 amide bonds. The highest BCUT2D eigenvalue weighted by Crippen LogP contribution is 2.07. The van der Waals surface area contributed by atoms with E-state index in [1.807, 2.05) is 18.2 Å². The summed E-state index contributed by atoms with van der Waals surface area (Å²) in [6.07, 6.45) is 2.11. The number of benzene rings is 1.